The third-order valence-corrected chi connectivity index (χ3v) is 3.32. The predicted molar refractivity (Wildman–Crippen MR) is 81.2 cm³/mol. The van der Waals surface area contributed by atoms with Crippen LogP contribution in [0.1, 0.15) is 25.3 Å². The van der Waals surface area contributed by atoms with Crippen LogP contribution >= 0.6 is 0 Å². The van der Waals surface area contributed by atoms with Crippen LogP contribution in [0, 0.1) is 6.92 Å². The van der Waals surface area contributed by atoms with Crippen LogP contribution in [-0.2, 0) is 14.8 Å². The van der Waals surface area contributed by atoms with Gasteiger partial charge in [-0.15, -0.1) is 0 Å². The minimum Gasteiger partial charge on any atom is -0.325 e. The van der Waals surface area contributed by atoms with E-state index in [-0.39, 0.29) is 5.91 Å². The van der Waals surface area contributed by atoms with E-state index in [0.29, 0.717) is 17.8 Å². The Morgan fingerprint density at radius 1 is 1.40 bits per heavy atom. The van der Waals surface area contributed by atoms with E-state index in [9.17, 15) is 13.2 Å². The summed E-state index contributed by atoms with van der Waals surface area (Å²) < 4.78 is 24.8. The molecule has 0 bridgehead atoms. The predicted octanol–water partition coefficient (Wildman–Crippen LogP) is 1.43. The summed E-state index contributed by atoms with van der Waals surface area (Å²) in [7, 11) is -3.31. The highest BCUT2D eigenvalue weighted by Crippen LogP contribution is 2.20. The van der Waals surface area contributed by atoms with Crippen LogP contribution in [0.15, 0.2) is 18.2 Å². The Morgan fingerprint density at radius 2 is 2.05 bits per heavy atom. The summed E-state index contributed by atoms with van der Waals surface area (Å²) in [5, 5.41) is 2.72. The van der Waals surface area contributed by atoms with Gasteiger partial charge in [0.25, 0.3) is 0 Å². The average molecular weight is 299 g/mol. The molecule has 0 heterocycles. The number of hydrogen-bond acceptors (Lipinski definition) is 4. The van der Waals surface area contributed by atoms with Gasteiger partial charge in [0.05, 0.1) is 18.0 Å². The number of nitrogens with one attached hydrogen (secondary N) is 2. The minimum atomic E-state index is -3.31. The molecule has 0 spiro atoms. The molecule has 1 amide bonds. The van der Waals surface area contributed by atoms with Gasteiger partial charge in [-0.05, 0) is 37.1 Å². The van der Waals surface area contributed by atoms with Crippen molar-refractivity contribution < 1.29 is 13.2 Å². The summed E-state index contributed by atoms with van der Waals surface area (Å²) in [6.45, 7) is 3.72. The van der Waals surface area contributed by atoms with E-state index in [4.69, 9.17) is 5.73 Å². The van der Waals surface area contributed by atoms with E-state index < -0.39 is 16.1 Å². The first kappa shape index (κ1) is 16.5. The molecule has 4 N–H and O–H groups in total. The summed E-state index contributed by atoms with van der Waals surface area (Å²) in [5.74, 6) is -0.241. The summed E-state index contributed by atoms with van der Waals surface area (Å²) >= 11 is 0. The van der Waals surface area contributed by atoms with Gasteiger partial charge >= 0.3 is 0 Å². The molecule has 1 atom stereocenters. The topological polar surface area (TPSA) is 101 Å². The van der Waals surface area contributed by atoms with E-state index in [1.165, 1.54) is 0 Å². The Kier molecular flexibility index (Phi) is 5.52. The first-order chi connectivity index (χ1) is 9.23. The first-order valence-corrected chi connectivity index (χ1v) is 8.27. The van der Waals surface area contributed by atoms with Gasteiger partial charge in [0.15, 0.2) is 0 Å². The lowest BCUT2D eigenvalue weighted by atomic mass is 10.1. The molecule has 0 saturated heterocycles. The van der Waals surface area contributed by atoms with Gasteiger partial charge in [0.2, 0.25) is 15.9 Å². The van der Waals surface area contributed by atoms with Crippen molar-refractivity contribution in [3.05, 3.63) is 23.8 Å². The number of carbonyl (C=O) groups excluding carboxylic acids is 1. The second-order valence-electron chi connectivity index (χ2n) is 4.79. The monoisotopic (exact) mass is 299 g/mol. The summed E-state index contributed by atoms with van der Waals surface area (Å²) in [5.41, 5.74) is 7.53. The molecule has 1 aromatic rings. The molecule has 112 valence electrons. The summed E-state index contributed by atoms with van der Waals surface area (Å²) in [4.78, 5) is 11.8. The SMILES string of the molecule is CCC[C@@H](N)C(=O)Nc1ccc(NS(C)(=O)=O)c(C)c1. The van der Waals surface area contributed by atoms with Crippen molar-refractivity contribution >= 4 is 27.3 Å². The highest BCUT2D eigenvalue weighted by Gasteiger charge is 2.13. The Bertz CT molecular complexity index is 585. The molecular weight excluding hydrogens is 278 g/mol. The fourth-order valence-corrected chi connectivity index (χ4v) is 2.36. The van der Waals surface area contributed by atoms with Crippen LogP contribution < -0.4 is 15.8 Å². The van der Waals surface area contributed by atoms with Gasteiger partial charge in [-0.3, -0.25) is 9.52 Å². The number of carbonyl (C=O) groups is 1. The van der Waals surface area contributed by atoms with Gasteiger partial charge in [-0.25, -0.2) is 8.42 Å². The molecule has 6 nitrogen and oxygen atoms in total. The zero-order valence-corrected chi connectivity index (χ0v) is 12.8. The Hall–Kier alpha value is -1.60. The summed E-state index contributed by atoms with van der Waals surface area (Å²) in [6, 6.07) is 4.41. The van der Waals surface area contributed by atoms with Crippen LogP contribution in [-0.4, -0.2) is 26.6 Å². The molecule has 0 aliphatic heterocycles. The highest BCUT2D eigenvalue weighted by molar-refractivity contribution is 7.92. The molecule has 20 heavy (non-hydrogen) atoms. The maximum absolute atomic E-state index is 11.8. The molecule has 0 saturated carbocycles. The highest BCUT2D eigenvalue weighted by atomic mass is 32.2. The van der Waals surface area contributed by atoms with Crippen LogP contribution in [0.2, 0.25) is 0 Å². The quantitative estimate of drug-likeness (QED) is 0.739. The number of nitrogens with two attached hydrogens (primary N) is 1. The van der Waals surface area contributed by atoms with Crippen molar-refractivity contribution in [1.29, 1.82) is 0 Å². The van der Waals surface area contributed by atoms with Gasteiger partial charge in [0.1, 0.15) is 0 Å². The van der Waals surface area contributed by atoms with E-state index in [1.807, 2.05) is 6.92 Å². The lowest BCUT2D eigenvalue weighted by molar-refractivity contribution is -0.117. The van der Waals surface area contributed by atoms with Crippen LogP contribution in [0.25, 0.3) is 0 Å². The molecule has 0 radical (unpaired) electrons. The molecule has 0 aliphatic rings. The molecular formula is C13H21N3O3S. The lowest BCUT2D eigenvalue weighted by Crippen LogP contribution is -2.35. The molecule has 0 aliphatic carbocycles. The third-order valence-electron chi connectivity index (χ3n) is 2.73. The van der Waals surface area contributed by atoms with Crippen molar-refractivity contribution in [3.8, 4) is 0 Å². The zero-order chi connectivity index (χ0) is 15.3. The minimum absolute atomic E-state index is 0.241. The molecule has 1 rings (SSSR count). The van der Waals surface area contributed by atoms with Gasteiger partial charge in [-0.1, -0.05) is 13.3 Å². The molecule has 0 aromatic heterocycles. The lowest BCUT2D eigenvalue weighted by Gasteiger charge is -2.13. The number of anilines is 2. The maximum atomic E-state index is 11.8. The number of benzene rings is 1. The van der Waals surface area contributed by atoms with Crippen LogP contribution in [0.3, 0.4) is 0 Å². The number of sulfonamides is 1. The Balaban J connectivity index is 2.80. The van der Waals surface area contributed by atoms with Gasteiger partial charge in [-0.2, -0.15) is 0 Å². The van der Waals surface area contributed by atoms with Crippen molar-refractivity contribution in [1.82, 2.24) is 0 Å². The number of rotatable bonds is 6. The zero-order valence-electron chi connectivity index (χ0n) is 11.9. The van der Waals surface area contributed by atoms with Gasteiger partial charge in [0, 0.05) is 5.69 Å². The standard InChI is InChI=1S/C13H21N3O3S/c1-4-5-11(14)13(17)15-10-6-7-12(9(2)8-10)16-20(3,18)19/h6-8,11,16H,4-5,14H2,1-3H3,(H,15,17)/t11-/m1/s1. The maximum Gasteiger partial charge on any atom is 0.241 e. The van der Waals surface area contributed by atoms with E-state index in [0.717, 1.165) is 18.2 Å². The number of aryl methyl sites for hydroxylation is 1. The molecule has 0 unspecified atom stereocenters. The van der Waals surface area contributed by atoms with Crippen molar-refractivity contribution in [3.63, 3.8) is 0 Å². The van der Waals surface area contributed by atoms with Crippen molar-refractivity contribution in [2.75, 3.05) is 16.3 Å². The van der Waals surface area contributed by atoms with E-state index >= 15 is 0 Å². The fourth-order valence-electron chi connectivity index (χ4n) is 1.73. The normalized spacial score (nSPS) is 12.8. The Labute approximate surface area is 119 Å². The Morgan fingerprint density at radius 3 is 2.55 bits per heavy atom. The second kappa shape index (κ2) is 6.71. The molecule has 1 aromatic carbocycles. The first-order valence-electron chi connectivity index (χ1n) is 6.38. The number of amides is 1. The number of hydrogen-bond donors (Lipinski definition) is 3. The smallest absolute Gasteiger partial charge is 0.241 e. The van der Waals surface area contributed by atoms with Crippen LogP contribution in [0.5, 0.6) is 0 Å². The molecule has 0 fully saturated rings. The summed E-state index contributed by atoms with van der Waals surface area (Å²) in [6.07, 6.45) is 2.55. The largest absolute Gasteiger partial charge is 0.325 e. The van der Waals surface area contributed by atoms with E-state index in [2.05, 4.69) is 10.0 Å². The second-order valence-corrected chi connectivity index (χ2v) is 6.54. The van der Waals surface area contributed by atoms with Crippen molar-refractivity contribution in [2.45, 2.75) is 32.7 Å². The fraction of sp³-hybridized carbons (Fsp3) is 0.462. The van der Waals surface area contributed by atoms with Crippen molar-refractivity contribution in [2.24, 2.45) is 5.73 Å². The average Bonchev–Trinajstić information content (AvgIpc) is 2.31. The van der Waals surface area contributed by atoms with Crippen LogP contribution in [0.4, 0.5) is 11.4 Å². The third kappa shape index (κ3) is 5.18. The van der Waals surface area contributed by atoms with E-state index in [1.54, 1.807) is 25.1 Å². The molecule has 7 heteroatoms. The van der Waals surface area contributed by atoms with Gasteiger partial charge < -0.3 is 11.1 Å².